The predicted octanol–water partition coefficient (Wildman–Crippen LogP) is 7.03. The second-order valence-electron chi connectivity index (χ2n) is 10.3. The lowest BCUT2D eigenvalue weighted by Gasteiger charge is -2.25. The molecule has 3 aromatic rings. The fraction of sp³-hybridized carbons (Fsp3) is 0.375. The van der Waals surface area contributed by atoms with E-state index in [1.54, 1.807) is 4.90 Å². The average Bonchev–Trinajstić information content (AvgIpc) is 2.90. The third-order valence-electron chi connectivity index (χ3n) is 6.47. The van der Waals surface area contributed by atoms with E-state index in [1.807, 2.05) is 36.4 Å². The summed E-state index contributed by atoms with van der Waals surface area (Å²) >= 11 is 0. The normalized spacial score (nSPS) is 11.1. The number of nitrogens with zero attached hydrogens (tertiary/aromatic N) is 1. The van der Waals surface area contributed by atoms with Crippen LogP contribution >= 0.6 is 0 Å². The van der Waals surface area contributed by atoms with Crippen molar-refractivity contribution >= 4 is 17.6 Å². The molecule has 0 aliphatic heterocycles. The van der Waals surface area contributed by atoms with Gasteiger partial charge in [-0.05, 0) is 47.1 Å². The zero-order chi connectivity index (χ0) is 26.6. The van der Waals surface area contributed by atoms with E-state index in [1.165, 1.54) is 16.7 Å². The molecule has 0 atom stereocenters. The van der Waals surface area contributed by atoms with Gasteiger partial charge in [-0.1, -0.05) is 100 Å². The second-order valence-corrected chi connectivity index (χ2v) is 10.3. The van der Waals surface area contributed by atoms with Gasteiger partial charge in [0.1, 0.15) is 0 Å². The molecule has 2 N–H and O–H groups in total. The molecule has 5 heteroatoms. The number of carbonyl (C=O) groups excluding carboxylic acids is 2. The predicted molar refractivity (Wildman–Crippen MR) is 153 cm³/mol. The van der Waals surface area contributed by atoms with Gasteiger partial charge in [-0.15, -0.1) is 0 Å². The number of benzene rings is 3. The summed E-state index contributed by atoms with van der Waals surface area (Å²) in [6.45, 7) is 9.98. The molecule has 0 unspecified atom stereocenters. The Morgan fingerprint density at radius 2 is 1.32 bits per heavy atom. The van der Waals surface area contributed by atoms with Crippen LogP contribution in [-0.4, -0.2) is 36.5 Å². The first-order chi connectivity index (χ1) is 17.8. The van der Waals surface area contributed by atoms with Crippen LogP contribution in [0.25, 0.3) is 0 Å². The van der Waals surface area contributed by atoms with Gasteiger partial charge >= 0.3 is 6.03 Å². The molecular formula is C32H41N3O2. The molecule has 0 spiro atoms. The van der Waals surface area contributed by atoms with Gasteiger partial charge in [-0.3, -0.25) is 4.79 Å². The van der Waals surface area contributed by atoms with Gasteiger partial charge in [0.25, 0.3) is 0 Å². The summed E-state index contributed by atoms with van der Waals surface area (Å²) in [6, 6.07) is 28.6. The van der Waals surface area contributed by atoms with Gasteiger partial charge in [0.2, 0.25) is 5.91 Å². The average molecular weight is 500 g/mol. The molecule has 0 fully saturated rings. The lowest BCUT2D eigenvalue weighted by Crippen LogP contribution is -2.40. The van der Waals surface area contributed by atoms with Crippen LogP contribution in [-0.2, 0) is 4.79 Å². The maximum Gasteiger partial charge on any atom is 0.321 e. The van der Waals surface area contributed by atoms with Crippen molar-refractivity contribution in [3.63, 3.8) is 0 Å². The molecule has 0 saturated heterocycles. The summed E-state index contributed by atoms with van der Waals surface area (Å²) in [5, 5.41) is 6.06. The number of hydrogen-bond donors (Lipinski definition) is 2. The highest BCUT2D eigenvalue weighted by Gasteiger charge is 2.18. The molecule has 0 aliphatic carbocycles. The molecule has 3 amide bonds. The quantitative estimate of drug-likeness (QED) is 0.281. The van der Waals surface area contributed by atoms with E-state index in [9.17, 15) is 9.59 Å². The van der Waals surface area contributed by atoms with Crippen molar-refractivity contribution < 1.29 is 9.59 Å². The third-order valence-corrected chi connectivity index (χ3v) is 6.47. The standard InChI is InChI=1S/C32H41N3O2/c1-24(2)23-35(32(37)34-29-17-15-26(16-18-29)25(3)4)22-20-31(36)33-21-19-30(27-11-7-5-8-12-27)28-13-9-6-10-14-28/h5-18,24-25,30H,19-23H2,1-4H3,(H,33,36)(H,34,37). The summed E-state index contributed by atoms with van der Waals surface area (Å²) in [5.74, 6) is 0.918. The Morgan fingerprint density at radius 1 is 0.757 bits per heavy atom. The zero-order valence-electron chi connectivity index (χ0n) is 22.6. The summed E-state index contributed by atoms with van der Waals surface area (Å²) < 4.78 is 0. The Bertz CT molecular complexity index is 1060. The molecule has 0 aliphatic rings. The number of urea groups is 1. The van der Waals surface area contributed by atoms with Crippen LogP contribution in [0.5, 0.6) is 0 Å². The third kappa shape index (κ3) is 9.09. The molecule has 196 valence electrons. The number of hydrogen-bond acceptors (Lipinski definition) is 2. The fourth-order valence-corrected chi connectivity index (χ4v) is 4.45. The van der Waals surface area contributed by atoms with E-state index in [4.69, 9.17) is 0 Å². The first kappa shape index (κ1) is 28.0. The van der Waals surface area contributed by atoms with Crippen LogP contribution in [0.1, 0.15) is 69.1 Å². The van der Waals surface area contributed by atoms with E-state index >= 15 is 0 Å². The highest BCUT2D eigenvalue weighted by molar-refractivity contribution is 5.89. The molecule has 0 saturated carbocycles. The Hall–Kier alpha value is -3.60. The smallest absolute Gasteiger partial charge is 0.321 e. The van der Waals surface area contributed by atoms with Crippen LogP contribution in [0.3, 0.4) is 0 Å². The summed E-state index contributed by atoms with van der Waals surface area (Å²) in [6.07, 6.45) is 1.08. The molecular weight excluding hydrogens is 458 g/mol. The number of carbonyl (C=O) groups is 2. The Kier molecular flexibility index (Phi) is 10.8. The minimum Gasteiger partial charge on any atom is -0.356 e. The SMILES string of the molecule is CC(C)CN(CCC(=O)NCCC(c1ccccc1)c1ccccc1)C(=O)Nc1ccc(C(C)C)cc1. The summed E-state index contributed by atoms with van der Waals surface area (Å²) in [5.41, 5.74) is 4.48. The van der Waals surface area contributed by atoms with Gasteiger partial charge < -0.3 is 15.5 Å². The van der Waals surface area contributed by atoms with Crippen molar-refractivity contribution in [2.24, 2.45) is 5.92 Å². The topological polar surface area (TPSA) is 61.4 Å². The van der Waals surface area contributed by atoms with Crippen molar-refractivity contribution in [3.8, 4) is 0 Å². The van der Waals surface area contributed by atoms with E-state index < -0.39 is 0 Å². The number of nitrogens with one attached hydrogen (secondary N) is 2. The van der Waals surface area contributed by atoms with E-state index in [-0.39, 0.29) is 24.3 Å². The van der Waals surface area contributed by atoms with Crippen LogP contribution in [0.2, 0.25) is 0 Å². The zero-order valence-corrected chi connectivity index (χ0v) is 22.6. The number of anilines is 1. The van der Waals surface area contributed by atoms with Gasteiger partial charge in [0, 0.05) is 37.7 Å². The molecule has 37 heavy (non-hydrogen) atoms. The molecule has 0 bridgehead atoms. The van der Waals surface area contributed by atoms with Gasteiger partial charge in [-0.25, -0.2) is 4.79 Å². The van der Waals surface area contributed by atoms with E-state index in [2.05, 4.69) is 86.9 Å². The Morgan fingerprint density at radius 3 is 1.84 bits per heavy atom. The maximum atomic E-state index is 13.0. The minimum absolute atomic E-state index is 0.0392. The van der Waals surface area contributed by atoms with Crippen LogP contribution in [0, 0.1) is 5.92 Å². The Labute approximate surface area is 222 Å². The monoisotopic (exact) mass is 499 g/mol. The van der Waals surface area contributed by atoms with Crippen LogP contribution in [0.15, 0.2) is 84.9 Å². The minimum atomic E-state index is -0.174. The van der Waals surface area contributed by atoms with Crippen molar-refractivity contribution in [2.45, 2.75) is 52.4 Å². The molecule has 0 heterocycles. The lowest BCUT2D eigenvalue weighted by molar-refractivity contribution is -0.121. The van der Waals surface area contributed by atoms with E-state index in [0.29, 0.717) is 31.5 Å². The Balaban J connectivity index is 1.53. The molecule has 0 radical (unpaired) electrons. The molecule has 3 aromatic carbocycles. The summed E-state index contributed by atoms with van der Waals surface area (Å²) in [7, 11) is 0. The number of amides is 3. The summed E-state index contributed by atoms with van der Waals surface area (Å²) in [4.78, 5) is 27.4. The van der Waals surface area contributed by atoms with Crippen molar-refractivity contribution in [1.29, 1.82) is 0 Å². The highest BCUT2D eigenvalue weighted by Crippen LogP contribution is 2.27. The van der Waals surface area contributed by atoms with E-state index in [0.717, 1.165) is 12.1 Å². The lowest BCUT2D eigenvalue weighted by atomic mass is 9.88. The highest BCUT2D eigenvalue weighted by atomic mass is 16.2. The fourth-order valence-electron chi connectivity index (χ4n) is 4.45. The first-order valence-electron chi connectivity index (χ1n) is 13.4. The number of rotatable bonds is 12. The van der Waals surface area contributed by atoms with Gasteiger partial charge in [0.05, 0.1) is 0 Å². The van der Waals surface area contributed by atoms with Crippen LogP contribution < -0.4 is 10.6 Å². The van der Waals surface area contributed by atoms with Crippen LogP contribution in [0.4, 0.5) is 10.5 Å². The molecule has 3 rings (SSSR count). The second kappa shape index (κ2) is 14.2. The first-order valence-corrected chi connectivity index (χ1v) is 13.4. The molecule has 5 nitrogen and oxygen atoms in total. The van der Waals surface area contributed by atoms with Crippen molar-refractivity contribution in [3.05, 3.63) is 102 Å². The maximum absolute atomic E-state index is 13.0. The van der Waals surface area contributed by atoms with Crippen molar-refractivity contribution in [2.75, 3.05) is 25.0 Å². The largest absolute Gasteiger partial charge is 0.356 e. The molecule has 0 aromatic heterocycles. The van der Waals surface area contributed by atoms with Gasteiger partial charge in [-0.2, -0.15) is 0 Å². The van der Waals surface area contributed by atoms with Gasteiger partial charge in [0.15, 0.2) is 0 Å². The van der Waals surface area contributed by atoms with Crippen molar-refractivity contribution in [1.82, 2.24) is 10.2 Å².